The lowest BCUT2D eigenvalue weighted by Gasteiger charge is -2.33. The fourth-order valence-electron chi connectivity index (χ4n) is 4.71. The van der Waals surface area contributed by atoms with Crippen molar-refractivity contribution in [3.8, 4) is 0 Å². The van der Waals surface area contributed by atoms with E-state index in [-0.39, 0.29) is 24.1 Å². The molecule has 3 saturated heterocycles. The van der Waals surface area contributed by atoms with Crippen LogP contribution in [0.1, 0.15) is 47.1 Å². The summed E-state index contributed by atoms with van der Waals surface area (Å²) in [4.78, 5) is 29.0. The van der Waals surface area contributed by atoms with Gasteiger partial charge in [-0.15, -0.1) is 0 Å². The number of H-pyrrole nitrogens is 1. The fraction of sp³-hybridized carbons (Fsp3) is 0.421. The monoisotopic (exact) mass is 388 g/mol. The van der Waals surface area contributed by atoms with Crippen LogP contribution in [0, 0.1) is 0 Å². The molecule has 1 N–H and O–H groups in total. The van der Waals surface area contributed by atoms with Gasteiger partial charge in [0.05, 0.1) is 25.1 Å². The third kappa shape index (κ3) is 2.32. The van der Waals surface area contributed by atoms with Crippen molar-refractivity contribution < 1.29 is 23.1 Å². The predicted molar refractivity (Wildman–Crippen MR) is 92.3 cm³/mol. The Morgan fingerprint density at radius 2 is 2.11 bits per heavy atom. The largest absolute Gasteiger partial charge is 0.351 e. The van der Waals surface area contributed by atoms with Crippen molar-refractivity contribution in [2.24, 2.45) is 0 Å². The van der Waals surface area contributed by atoms with Crippen LogP contribution in [0.15, 0.2) is 36.4 Å². The molecule has 1 spiro atoms. The Hall–Kier alpha value is -2.81. The van der Waals surface area contributed by atoms with E-state index >= 15 is 0 Å². The number of nitrogens with one attached hydrogen (secondary N) is 1. The number of aromatic nitrogens is 2. The van der Waals surface area contributed by atoms with Gasteiger partial charge in [0.25, 0.3) is 12.3 Å². The molecule has 0 radical (unpaired) electrons. The van der Waals surface area contributed by atoms with Gasteiger partial charge in [0.15, 0.2) is 11.4 Å². The highest BCUT2D eigenvalue weighted by atomic mass is 19.3. The van der Waals surface area contributed by atoms with E-state index in [4.69, 9.17) is 4.74 Å². The van der Waals surface area contributed by atoms with Crippen LogP contribution >= 0.6 is 0 Å². The first-order valence-corrected chi connectivity index (χ1v) is 9.17. The number of hydrogen-bond donors (Lipinski definition) is 1. The Balaban J connectivity index is 1.43. The van der Waals surface area contributed by atoms with Crippen molar-refractivity contribution in [2.45, 2.75) is 37.1 Å². The smallest absolute Gasteiger partial charge is 0.279 e. The van der Waals surface area contributed by atoms with E-state index in [9.17, 15) is 18.4 Å². The number of ether oxygens (including phenoxy) is 1. The van der Waals surface area contributed by atoms with Crippen molar-refractivity contribution in [2.75, 3.05) is 13.2 Å². The Morgan fingerprint density at radius 1 is 1.32 bits per heavy atom. The van der Waals surface area contributed by atoms with Crippen LogP contribution in [-0.2, 0) is 9.53 Å². The molecule has 0 bridgehead atoms. The number of likely N-dealkylation sites (tertiary alicyclic amines) is 1. The van der Waals surface area contributed by atoms with Crippen LogP contribution in [-0.4, -0.2) is 56.7 Å². The summed E-state index contributed by atoms with van der Waals surface area (Å²) in [7, 11) is 0. The molecule has 3 fully saturated rings. The lowest BCUT2D eigenvalue weighted by molar-refractivity contribution is -0.138. The van der Waals surface area contributed by atoms with E-state index in [0.29, 0.717) is 19.6 Å². The number of amides is 2. The lowest BCUT2D eigenvalue weighted by Crippen LogP contribution is -2.49. The second kappa shape index (κ2) is 6.10. The second-order valence-electron chi connectivity index (χ2n) is 7.32. The van der Waals surface area contributed by atoms with Gasteiger partial charge in [-0.3, -0.25) is 14.7 Å². The molecular weight excluding hydrogens is 370 g/mol. The number of nitrogens with zero attached hydrogens (tertiary/aromatic N) is 3. The summed E-state index contributed by atoms with van der Waals surface area (Å²) in [6.45, 7) is 0.748. The summed E-state index contributed by atoms with van der Waals surface area (Å²) in [6, 6.07) is 10.1. The third-order valence-corrected chi connectivity index (χ3v) is 5.95. The van der Waals surface area contributed by atoms with Gasteiger partial charge in [0.2, 0.25) is 5.91 Å². The lowest BCUT2D eigenvalue weighted by atomic mass is 10.0. The van der Waals surface area contributed by atoms with Crippen LogP contribution < -0.4 is 0 Å². The number of benzene rings is 1. The number of alkyl halides is 2. The number of hydrogen-bond acceptors (Lipinski definition) is 4. The maximum atomic E-state index is 12.9. The minimum absolute atomic E-state index is 0.0656. The third-order valence-electron chi connectivity index (χ3n) is 5.95. The Labute approximate surface area is 159 Å². The van der Waals surface area contributed by atoms with Gasteiger partial charge in [0.1, 0.15) is 5.69 Å². The van der Waals surface area contributed by atoms with Crippen LogP contribution in [0.5, 0.6) is 0 Å². The maximum absolute atomic E-state index is 12.9. The predicted octanol–water partition coefficient (Wildman–Crippen LogP) is 2.26. The van der Waals surface area contributed by atoms with Crippen LogP contribution in [0.4, 0.5) is 8.78 Å². The standard InChI is InChI=1S/C19H18F2N4O3/c20-17(21)12-8-13(23-22-12)18(27)24-7-6-19-15(24)9-16(26)25(19)14(10-28-19)11-4-2-1-3-5-11/h1-5,8,14-15,17H,6-7,9-10H2,(H,22,23)/t14-,15+,19-/m0/s1. The molecule has 1 aromatic heterocycles. The Morgan fingerprint density at radius 3 is 2.82 bits per heavy atom. The number of halogens is 2. The molecule has 7 nitrogen and oxygen atoms in total. The molecule has 28 heavy (non-hydrogen) atoms. The van der Waals surface area contributed by atoms with Gasteiger partial charge in [-0.1, -0.05) is 30.3 Å². The highest BCUT2D eigenvalue weighted by Crippen LogP contribution is 2.51. The molecule has 2 aromatic rings. The van der Waals surface area contributed by atoms with Crippen LogP contribution in [0.2, 0.25) is 0 Å². The minimum atomic E-state index is -2.73. The van der Waals surface area contributed by atoms with E-state index in [1.165, 1.54) is 4.90 Å². The van der Waals surface area contributed by atoms with Crippen molar-refractivity contribution in [1.82, 2.24) is 20.0 Å². The summed E-state index contributed by atoms with van der Waals surface area (Å²) in [5.74, 6) is -0.532. The Bertz CT molecular complexity index is 934. The van der Waals surface area contributed by atoms with Crippen LogP contribution in [0.25, 0.3) is 0 Å². The molecule has 0 aliphatic carbocycles. The van der Waals surface area contributed by atoms with Gasteiger partial charge >= 0.3 is 0 Å². The van der Waals surface area contributed by atoms with Gasteiger partial charge in [0, 0.05) is 13.0 Å². The highest BCUT2D eigenvalue weighted by Gasteiger charge is 2.65. The molecule has 3 aliphatic rings. The minimum Gasteiger partial charge on any atom is -0.351 e. The number of carbonyl (C=O) groups is 2. The van der Waals surface area contributed by atoms with E-state index in [1.54, 1.807) is 4.90 Å². The normalized spacial score (nSPS) is 28.9. The molecule has 146 valence electrons. The Kier molecular flexibility index (Phi) is 3.77. The van der Waals surface area contributed by atoms with Gasteiger partial charge in [-0.25, -0.2) is 8.78 Å². The first-order chi connectivity index (χ1) is 13.5. The average molecular weight is 388 g/mol. The van der Waals surface area contributed by atoms with Gasteiger partial charge < -0.3 is 14.5 Å². The van der Waals surface area contributed by atoms with E-state index < -0.39 is 29.8 Å². The number of aromatic amines is 1. The zero-order chi connectivity index (χ0) is 19.5. The molecule has 1 aromatic carbocycles. The van der Waals surface area contributed by atoms with Crippen molar-refractivity contribution in [3.05, 3.63) is 53.3 Å². The average Bonchev–Trinajstić information content (AvgIpc) is 3.43. The highest BCUT2D eigenvalue weighted by molar-refractivity contribution is 5.94. The summed E-state index contributed by atoms with van der Waals surface area (Å²) < 4.78 is 31.7. The van der Waals surface area contributed by atoms with Crippen molar-refractivity contribution >= 4 is 11.8 Å². The molecule has 0 saturated carbocycles. The zero-order valence-electron chi connectivity index (χ0n) is 14.8. The summed E-state index contributed by atoms with van der Waals surface area (Å²) in [5.41, 5.74) is -0.333. The first kappa shape index (κ1) is 17.3. The molecule has 3 aliphatic heterocycles. The van der Waals surface area contributed by atoms with E-state index in [2.05, 4.69) is 10.2 Å². The van der Waals surface area contributed by atoms with Crippen molar-refractivity contribution in [3.63, 3.8) is 0 Å². The van der Waals surface area contributed by atoms with Gasteiger partial charge in [-0.2, -0.15) is 5.10 Å². The maximum Gasteiger partial charge on any atom is 0.279 e. The van der Waals surface area contributed by atoms with Crippen molar-refractivity contribution in [1.29, 1.82) is 0 Å². The molecule has 3 atom stereocenters. The summed E-state index contributed by atoms with van der Waals surface area (Å²) >= 11 is 0. The fourth-order valence-corrected chi connectivity index (χ4v) is 4.71. The number of rotatable bonds is 3. The topological polar surface area (TPSA) is 78.5 Å². The number of carbonyl (C=O) groups excluding carboxylic acids is 2. The summed E-state index contributed by atoms with van der Waals surface area (Å²) in [6.07, 6.45) is -2.08. The van der Waals surface area contributed by atoms with E-state index in [1.807, 2.05) is 30.3 Å². The quantitative estimate of drug-likeness (QED) is 0.875. The first-order valence-electron chi connectivity index (χ1n) is 9.17. The molecule has 5 rings (SSSR count). The van der Waals surface area contributed by atoms with E-state index in [0.717, 1.165) is 11.6 Å². The molecule has 4 heterocycles. The zero-order valence-corrected chi connectivity index (χ0v) is 14.8. The SMILES string of the molecule is O=C(c1cc(C(F)F)[nH]n1)N1CC[C@@]23OC[C@@H](c4ccccc4)N2C(=O)C[C@@H]13. The molecular formula is C19H18F2N4O3. The summed E-state index contributed by atoms with van der Waals surface area (Å²) in [5, 5.41) is 5.92. The van der Waals surface area contributed by atoms with Gasteiger partial charge in [-0.05, 0) is 11.6 Å². The second-order valence-corrected chi connectivity index (χ2v) is 7.32. The molecule has 2 amide bonds. The molecule has 9 heteroatoms. The van der Waals surface area contributed by atoms with Crippen LogP contribution in [0.3, 0.4) is 0 Å². The molecule has 0 unspecified atom stereocenters.